The molecule has 0 spiro atoms. The van der Waals surface area contributed by atoms with E-state index in [9.17, 15) is 13.2 Å². The molecule has 0 bridgehead atoms. The molecule has 1 saturated heterocycles. The van der Waals surface area contributed by atoms with E-state index < -0.39 is 10.0 Å². The number of carbonyl (C=O) groups is 1. The summed E-state index contributed by atoms with van der Waals surface area (Å²) in [7, 11) is -3.59. The minimum Gasteiger partial charge on any atom is -0.494 e. The van der Waals surface area contributed by atoms with Gasteiger partial charge in [-0.3, -0.25) is 4.79 Å². The molecule has 2 aromatic carbocycles. The first-order valence-corrected chi connectivity index (χ1v) is 11.0. The Morgan fingerprint density at radius 3 is 2.32 bits per heavy atom. The Balaban J connectivity index is 1.52. The number of benzene rings is 2. The maximum atomic E-state index is 12.6. The molecule has 1 aliphatic rings. The third-order valence-electron chi connectivity index (χ3n) is 4.81. The second-order valence-corrected chi connectivity index (χ2v) is 8.56. The van der Waals surface area contributed by atoms with Gasteiger partial charge in [-0.25, -0.2) is 13.1 Å². The molecule has 3 rings (SSSR count). The zero-order valence-electron chi connectivity index (χ0n) is 16.0. The highest BCUT2D eigenvalue weighted by molar-refractivity contribution is 7.89. The number of rotatable bonds is 7. The molecule has 0 saturated carbocycles. The lowest BCUT2D eigenvalue weighted by molar-refractivity contribution is -0.131. The molecule has 0 radical (unpaired) electrons. The smallest absolute Gasteiger partial charge is 0.240 e. The summed E-state index contributed by atoms with van der Waals surface area (Å²) >= 11 is 0. The van der Waals surface area contributed by atoms with E-state index in [1.807, 2.05) is 42.2 Å². The molecule has 2 aromatic rings. The van der Waals surface area contributed by atoms with E-state index in [1.54, 1.807) is 24.3 Å². The van der Waals surface area contributed by atoms with E-state index in [4.69, 9.17) is 4.74 Å². The normalized spacial score (nSPS) is 15.4. The third-order valence-corrected chi connectivity index (χ3v) is 6.35. The Morgan fingerprint density at radius 2 is 1.71 bits per heavy atom. The van der Waals surface area contributed by atoms with Crippen molar-refractivity contribution in [3.63, 3.8) is 0 Å². The Labute approximate surface area is 166 Å². The van der Waals surface area contributed by atoms with Crippen LogP contribution in [0.4, 0.5) is 0 Å². The predicted molar refractivity (Wildman–Crippen MR) is 108 cm³/mol. The van der Waals surface area contributed by atoms with Gasteiger partial charge >= 0.3 is 0 Å². The van der Waals surface area contributed by atoms with E-state index in [0.29, 0.717) is 44.7 Å². The number of nitrogens with zero attached hydrogens (tertiary/aromatic N) is 1. The number of amides is 1. The van der Waals surface area contributed by atoms with Gasteiger partial charge in [0.2, 0.25) is 15.9 Å². The first kappa shape index (κ1) is 20.4. The highest BCUT2D eigenvalue weighted by Crippen LogP contribution is 2.19. The number of piperidine rings is 1. The van der Waals surface area contributed by atoms with E-state index in [0.717, 1.165) is 5.56 Å². The molecule has 1 heterocycles. The number of sulfonamides is 1. The van der Waals surface area contributed by atoms with Gasteiger partial charge in [0, 0.05) is 19.1 Å². The first-order valence-electron chi connectivity index (χ1n) is 9.55. The van der Waals surface area contributed by atoms with Crippen molar-refractivity contribution in [3.05, 3.63) is 60.2 Å². The number of ether oxygens (including phenoxy) is 1. The molecule has 0 aliphatic carbocycles. The lowest BCUT2D eigenvalue weighted by Crippen LogP contribution is -2.46. The summed E-state index contributed by atoms with van der Waals surface area (Å²) in [6, 6.07) is 15.9. The molecule has 7 heteroatoms. The van der Waals surface area contributed by atoms with Crippen LogP contribution in [-0.2, 0) is 21.2 Å². The average molecular weight is 403 g/mol. The average Bonchev–Trinajstić information content (AvgIpc) is 2.70. The van der Waals surface area contributed by atoms with Crippen LogP contribution in [0.15, 0.2) is 59.5 Å². The largest absolute Gasteiger partial charge is 0.494 e. The van der Waals surface area contributed by atoms with Crippen LogP contribution in [-0.4, -0.2) is 45.0 Å². The van der Waals surface area contributed by atoms with E-state index in [1.165, 1.54) is 0 Å². The van der Waals surface area contributed by atoms with Crippen LogP contribution >= 0.6 is 0 Å². The van der Waals surface area contributed by atoms with Crippen molar-refractivity contribution in [3.8, 4) is 5.75 Å². The SMILES string of the molecule is CCOc1ccc(S(=O)(=O)NC2CCN(C(=O)Cc3ccccc3)CC2)cc1. The van der Waals surface area contributed by atoms with Crippen LogP contribution in [0.1, 0.15) is 25.3 Å². The van der Waals surface area contributed by atoms with Crippen LogP contribution in [0, 0.1) is 0 Å². The number of hydrogen-bond donors (Lipinski definition) is 1. The Kier molecular flexibility index (Phi) is 6.70. The Hall–Kier alpha value is -2.38. The van der Waals surface area contributed by atoms with Crippen molar-refractivity contribution in [1.82, 2.24) is 9.62 Å². The summed E-state index contributed by atoms with van der Waals surface area (Å²) in [5, 5.41) is 0. The first-order chi connectivity index (χ1) is 13.5. The highest BCUT2D eigenvalue weighted by atomic mass is 32.2. The standard InChI is InChI=1S/C21H26N2O4S/c1-2-27-19-8-10-20(11-9-19)28(25,26)22-18-12-14-23(15-13-18)21(24)16-17-6-4-3-5-7-17/h3-11,18,22H,2,12-16H2,1H3. The zero-order valence-corrected chi connectivity index (χ0v) is 16.8. The second kappa shape index (κ2) is 9.21. The van der Waals surface area contributed by atoms with Crippen molar-refractivity contribution < 1.29 is 17.9 Å². The van der Waals surface area contributed by atoms with Crippen molar-refractivity contribution in [2.45, 2.75) is 37.1 Å². The van der Waals surface area contributed by atoms with Crippen LogP contribution in [0.5, 0.6) is 5.75 Å². The van der Waals surface area contributed by atoms with Crippen molar-refractivity contribution in [2.24, 2.45) is 0 Å². The summed E-state index contributed by atoms with van der Waals surface area (Å²) in [4.78, 5) is 14.5. The van der Waals surface area contributed by atoms with Gasteiger partial charge in [-0.2, -0.15) is 0 Å². The molecular formula is C21H26N2O4S. The van der Waals surface area contributed by atoms with Crippen LogP contribution < -0.4 is 9.46 Å². The molecule has 0 aromatic heterocycles. The molecular weight excluding hydrogens is 376 g/mol. The van der Waals surface area contributed by atoms with Gasteiger partial charge in [0.05, 0.1) is 17.9 Å². The monoisotopic (exact) mass is 402 g/mol. The molecule has 1 N–H and O–H groups in total. The minimum atomic E-state index is -3.59. The number of carbonyl (C=O) groups excluding carboxylic acids is 1. The number of hydrogen-bond acceptors (Lipinski definition) is 4. The lowest BCUT2D eigenvalue weighted by Gasteiger charge is -2.32. The topological polar surface area (TPSA) is 75.7 Å². The maximum Gasteiger partial charge on any atom is 0.240 e. The number of nitrogens with one attached hydrogen (secondary N) is 1. The fourth-order valence-corrected chi connectivity index (χ4v) is 4.60. The Morgan fingerprint density at radius 1 is 1.07 bits per heavy atom. The van der Waals surface area contributed by atoms with Gasteiger partial charge < -0.3 is 9.64 Å². The summed E-state index contributed by atoms with van der Waals surface area (Å²) in [5.41, 5.74) is 0.992. The summed E-state index contributed by atoms with van der Waals surface area (Å²) in [6.45, 7) is 3.53. The fourth-order valence-electron chi connectivity index (χ4n) is 3.30. The summed E-state index contributed by atoms with van der Waals surface area (Å²) in [5.74, 6) is 0.728. The molecule has 0 unspecified atom stereocenters. The fraction of sp³-hybridized carbons (Fsp3) is 0.381. The van der Waals surface area contributed by atoms with Crippen LogP contribution in [0.2, 0.25) is 0 Å². The molecule has 28 heavy (non-hydrogen) atoms. The van der Waals surface area contributed by atoms with Crippen LogP contribution in [0.25, 0.3) is 0 Å². The lowest BCUT2D eigenvalue weighted by atomic mass is 10.0. The molecule has 0 atom stereocenters. The molecule has 150 valence electrons. The minimum absolute atomic E-state index is 0.0824. The van der Waals surface area contributed by atoms with Gasteiger partial charge in [0.15, 0.2) is 0 Å². The van der Waals surface area contributed by atoms with E-state index >= 15 is 0 Å². The van der Waals surface area contributed by atoms with Crippen molar-refractivity contribution >= 4 is 15.9 Å². The van der Waals surface area contributed by atoms with E-state index in [2.05, 4.69) is 4.72 Å². The van der Waals surface area contributed by atoms with E-state index in [-0.39, 0.29) is 16.8 Å². The molecule has 1 amide bonds. The molecule has 1 aliphatic heterocycles. The van der Waals surface area contributed by atoms with Gasteiger partial charge in [0.25, 0.3) is 0 Å². The quantitative estimate of drug-likeness (QED) is 0.772. The summed E-state index contributed by atoms with van der Waals surface area (Å²) in [6.07, 6.45) is 1.59. The van der Waals surface area contributed by atoms with Crippen molar-refractivity contribution in [2.75, 3.05) is 19.7 Å². The van der Waals surface area contributed by atoms with Gasteiger partial charge in [-0.15, -0.1) is 0 Å². The predicted octanol–water partition coefficient (Wildman–Crippen LogP) is 2.60. The van der Waals surface area contributed by atoms with Gasteiger partial charge in [-0.1, -0.05) is 30.3 Å². The maximum absolute atomic E-state index is 12.6. The summed E-state index contributed by atoms with van der Waals surface area (Å²) < 4.78 is 33.3. The molecule has 1 fully saturated rings. The van der Waals surface area contributed by atoms with Gasteiger partial charge in [-0.05, 0) is 49.6 Å². The van der Waals surface area contributed by atoms with Crippen molar-refractivity contribution in [1.29, 1.82) is 0 Å². The van der Waals surface area contributed by atoms with Gasteiger partial charge in [0.1, 0.15) is 5.75 Å². The molecule has 6 nitrogen and oxygen atoms in total. The third kappa shape index (κ3) is 5.33. The highest BCUT2D eigenvalue weighted by Gasteiger charge is 2.26. The number of likely N-dealkylation sites (tertiary alicyclic amines) is 1. The van der Waals surface area contributed by atoms with Crippen LogP contribution in [0.3, 0.4) is 0 Å². The Bertz CT molecular complexity index is 874. The second-order valence-electron chi connectivity index (χ2n) is 6.84. The zero-order chi connectivity index (χ0) is 20.0.